The van der Waals surface area contributed by atoms with Gasteiger partial charge in [0, 0.05) is 25.7 Å². The predicted molar refractivity (Wildman–Crippen MR) is 82.2 cm³/mol. The molecule has 0 fully saturated rings. The first-order chi connectivity index (χ1) is 9.70. The number of aryl methyl sites for hydroxylation is 2. The van der Waals surface area contributed by atoms with Crippen LogP contribution in [0.4, 0.5) is 0 Å². The van der Waals surface area contributed by atoms with Crippen molar-refractivity contribution in [1.29, 1.82) is 0 Å². The molecule has 20 heavy (non-hydrogen) atoms. The molecule has 0 aliphatic carbocycles. The third-order valence-corrected chi connectivity index (χ3v) is 3.84. The molecule has 108 valence electrons. The molecule has 0 saturated heterocycles. The van der Waals surface area contributed by atoms with Gasteiger partial charge in [-0.05, 0) is 42.7 Å². The van der Waals surface area contributed by atoms with Crippen molar-refractivity contribution in [3.63, 3.8) is 0 Å². The summed E-state index contributed by atoms with van der Waals surface area (Å²) in [4.78, 5) is 4.21. The molecule has 0 bridgehead atoms. The second kappa shape index (κ2) is 7.09. The van der Waals surface area contributed by atoms with Crippen LogP contribution in [-0.2, 0) is 13.0 Å². The molecule has 0 radical (unpaired) electrons. The van der Waals surface area contributed by atoms with Gasteiger partial charge in [0.2, 0.25) is 0 Å². The van der Waals surface area contributed by atoms with Crippen LogP contribution in [0.3, 0.4) is 0 Å². The number of nitrogens with one attached hydrogen (secondary N) is 2. The van der Waals surface area contributed by atoms with Crippen molar-refractivity contribution in [2.24, 2.45) is 4.99 Å². The molecule has 2 N–H and O–H groups in total. The van der Waals surface area contributed by atoms with Gasteiger partial charge in [-0.25, -0.2) is 0 Å². The molecule has 0 spiro atoms. The molecule has 0 unspecified atom stereocenters. The smallest absolute Gasteiger partial charge is 0.191 e. The number of thiophene rings is 1. The summed E-state index contributed by atoms with van der Waals surface area (Å²) in [5.74, 6) is 1.70. The Hall–Kier alpha value is -1.82. The van der Waals surface area contributed by atoms with Crippen molar-refractivity contribution in [3.05, 3.63) is 39.4 Å². The summed E-state index contributed by atoms with van der Waals surface area (Å²) in [5.41, 5.74) is 3.40. The minimum Gasteiger partial charge on any atom is -0.361 e. The molecule has 0 aliphatic heterocycles. The number of rotatable bonds is 5. The van der Waals surface area contributed by atoms with Crippen LogP contribution < -0.4 is 10.6 Å². The zero-order valence-electron chi connectivity index (χ0n) is 12.1. The predicted octanol–water partition coefficient (Wildman–Crippen LogP) is 2.26. The van der Waals surface area contributed by atoms with Crippen molar-refractivity contribution < 1.29 is 4.52 Å². The summed E-state index contributed by atoms with van der Waals surface area (Å²) in [6.07, 6.45) is 0.875. The SMILES string of the molecule is CN=C(NCCc1c(C)noc1C)NCc1ccsc1. The Morgan fingerprint density at radius 2 is 2.25 bits per heavy atom. The quantitative estimate of drug-likeness (QED) is 0.655. The van der Waals surface area contributed by atoms with E-state index in [1.807, 2.05) is 13.8 Å². The van der Waals surface area contributed by atoms with Gasteiger partial charge in [0.15, 0.2) is 5.96 Å². The first-order valence-corrected chi connectivity index (χ1v) is 7.52. The van der Waals surface area contributed by atoms with Crippen LogP contribution >= 0.6 is 11.3 Å². The summed E-state index contributed by atoms with van der Waals surface area (Å²) >= 11 is 1.70. The molecule has 0 amide bonds. The molecule has 0 atom stereocenters. The van der Waals surface area contributed by atoms with Crippen molar-refractivity contribution in [2.75, 3.05) is 13.6 Å². The molecule has 2 heterocycles. The standard InChI is InChI=1S/C14H20N4OS/c1-10-13(11(2)19-18-10)4-6-16-14(15-3)17-8-12-5-7-20-9-12/h5,7,9H,4,6,8H2,1-3H3,(H2,15,16,17). The van der Waals surface area contributed by atoms with E-state index in [-0.39, 0.29) is 0 Å². The maximum Gasteiger partial charge on any atom is 0.191 e. The van der Waals surface area contributed by atoms with Crippen molar-refractivity contribution in [1.82, 2.24) is 15.8 Å². The van der Waals surface area contributed by atoms with Gasteiger partial charge < -0.3 is 15.2 Å². The van der Waals surface area contributed by atoms with Crippen LogP contribution in [0, 0.1) is 13.8 Å². The average Bonchev–Trinajstić information content (AvgIpc) is 3.06. The Balaban J connectivity index is 1.77. The maximum atomic E-state index is 5.15. The summed E-state index contributed by atoms with van der Waals surface area (Å²) in [5, 5.41) is 14.7. The summed E-state index contributed by atoms with van der Waals surface area (Å²) < 4.78 is 5.15. The van der Waals surface area contributed by atoms with Gasteiger partial charge >= 0.3 is 0 Å². The van der Waals surface area contributed by atoms with Gasteiger partial charge in [-0.3, -0.25) is 4.99 Å². The zero-order chi connectivity index (χ0) is 14.4. The van der Waals surface area contributed by atoms with Crippen LogP contribution in [-0.4, -0.2) is 24.7 Å². The second-order valence-corrected chi connectivity index (χ2v) is 5.32. The molecule has 2 rings (SSSR count). The van der Waals surface area contributed by atoms with Crippen LogP contribution in [0.15, 0.2) is 26.3 Å². The lowest BCUT2D eigenvalue weighted by Crippen LogP contribution is -2.37. The van der Waals surface area contributed by atoms with Crippen LogP contribution in [0.2, 0.25) is 0 Å². The monoisotopic (exact) mass is 292 g/mol. The lowest BCUT2D eigenvalue weighted by Gasteiger charge is -2.11. The Morgan fingerprint density at radius 3 is 2.85 bits per heavy atom. The minimum atomic E-state index is 0.786. The molecule has 0 aromatic carbocycles. The average molecular weight is 292 g/mol. The molecule has 0 aliphatic rings. The molecule has 0 saturated carbocycles. The van der Waals surface area contributed by atoms with E-state index in [0.717, 1.165) is 36.9 Å². The van der Waals surface area contributed by atoms with Crippen molar-refractivity contribution >= 4 is 17.3 Å². The Kier molecular flexibility index (Phi) is 5.17. The number of hydrogen-bond donors (Lipinski definition) is 2. The molecule has 5 nitrogen and oxygen atoms in total. The maximum absolute atomic E-state index is 5.15. The number of aliphatic imine (C=N–C) groups is 1. The van der Waals surface area contributed by atoms with E-state index in [2.05, 4.69) is 37.6 Å². The molecular weight excluding hydrogens is 272 g/mol. The lowest BCUT2D eigenvalue weighted by atomic mass is 10.1. The van der Waals surface area contributed by atoms with Crippen molar-refractivity contribution in [3.8, 4) is 0 Å². The highest BCUT2D eigenvalue weighted by Crippen LogP contribution is 2.12. The highest BCUT2D eigenvalue weighted by atomic mass is 32.1. The fraction of sp³-hybridized carbons (Fsp3) is 0.429. The Labute approximate surface area is 123 Å². The topological polar surface area (TPSA) is 62.5 Å². The number of aromatic nitrogens is 1. The summed E-state index contributed by atoms with van der Waals surface area (Å²) in [6.45, 7) is 5.50. The number of guanidine groups is 1. The highest BCUT2D eigenvalue weighted by Gasteiger charge is 2.08. The summed E-state index contributed by atoms with van der Waals surface area (Å²) in [7, 11) is 1.78. The van der Waals surface area contributed by atoms with E-state index in [4.69, 9.17) is 4.52 Å². The van der Waals surface area contributed by atoms with Crippen molar-refractivity contribution in [2.45, 2.75) is 26.8 Å². The van der Waals surface area contributed by atoms with E-state index < -0.39 is 0 Å². The van der Waals surface area contributed by atoms with E-state index in [1.54, 1.807) is 18.4 Å². The number of hydrogen-bond acceptors (Lipinski definition) is 4. The van der Waals surface area contributed by atoms with E-state index >= 15 is 0 Å². The normalized spacial score (nSPS) is 11.7. The summed E-state index contributed by atoms with van der Waals surface area (Å²) in [6, 6.07) is 2.11. The molecule has 2 aromatic heterocycles. The van der Waals surface area contributed by atoms with Crippen LogP contribution in [0.25, 0.3) is 0 Å². The number of nitrogens with zero attached hydrogens (tertiary/aromatic N) is 2. The third-order valence-electron chi connectivity index (χ3n) is 3.11. The van der Waals surface area contributed by atoms with Gasteiger partial charge in [0.1, 0.15) is 5.76 Å². The molecule has 6 heteroatoms. The highest BCUT2D eigenvalue weighted by molar-refractivity contribution is 7.07. The zero-order valence-corrected chi connectivity index (χ0v) is 12.9. The Bertz CT molecular complexity index is 540. The molecular formula is C14H20N4OS. The van der Waals surface area contributed by atoms with Crippen LogP contribution in [0.5, 0.6) is 0 Å². The third kappa shape index (κ3) is 3.84. The van der Waals surface area contributed by atoms with Gasteiger partial charge in [-0.2, -0.15) is 11.3 Å². The van der Waals surface area contributed by atoms with E-state index in [0.29, 0.717) is 0 Å². The van der Waals surface area contributed by atoms with Gasteiger partial charge in [0.25, 0.3) is 0 Å². The van der Waals surface area contributed by atoms with Crippen LogP contribution in [0.1, 0.15) is 22.6 Å². The molecule has 2 aromatic rings. The fourth-order valence-corrected chi connectivity index (χ4v) is 2.63. The first kappa shape index (κ1) is 14.6. The Morgan fingerprint density at radius 1 is 1.40 bits per heavy atom. The van der Waals surface area contributed by atoms with E-state index in [9.17, 15) is 0 Å². The largest absolute Gasteiger partial charge is 0.361 e. The van der Waals surface area contributed by atoms with Gasteiger partial charge in [-0.15, -0.1) is 0 Å². The second-order valence-electron chi connectivity index (χ2n) is 4.54. The first-order valence-electron chi connectivity index (χ1n) is 6.58. The fourth-order valence-electron chi connectivity index (χ4n) is 1.96. The van der Waals surface area contributed by atoms with Gasteiger partial charge in [0.05, 0.1) is 5.69 Å². The minimum absolute atomic E-state index is 0.786. The van der Waals surface area contributed by atoms with E-state index in [1.165, 1.54) is 11.1 Å². The van der Waals surface area contributed by atoms with Gasteiger partial charge in [-0.1, -0.05) is 5.16 Å². The lowest BCUT2D eigenvalue weighted by molar-refractivity contribution is 0.392.